The van der Waals surface area contributed by atoms with Crippen LogP contribution in [0, 0.1) is 0 Å². The number of aliphatic carboxylic acids is 1. The SMILES string of the molecule is COc1ccc(NCC(=O)O)cc1Br. The maximum absolute atomic E-state index is 10.3. The second kappa shape index (κ2) is 4.85. The zero-order valence-electron chi connectivity index (χ0n) is 7.58. The first-order valence-corrected chi connectivity index (χ1v) is 4.72. The van der Waals surface area contributed by atoms with Crippen LogP contribution in [0.1, 0.15) is 0 Å². The number of benzene rings is 1. The summed E-state index contributed by atoms with van der Waals surface area (Å²) in [7, 11) is 1.57. The highest BCUT2D eigenvalue weighted by Crippen LogP contribution is 2.27. The molecule has 0 unspecified atom stereocenters. The summed E-state index contributed by atoms with van der Waals surface area (Å²) in [5, 5.41) is 11.2. The zero-order chi connectivity index (χ0) is 10.6. The highest BCUT2D eigenvalue weighted by Gasteiger charge is 2.02. The van der Waals surface area contributed by atoms with Gasteiger partial charge in [0.1, 0.15) is 12.3 Å². The largest absolute Gasteiger partial charge is 0.496 e. The van der Waals surface area contributed by atoms with Gasteiger partial charge in [-0.05, 0) is 34.1 Å². The number of ether oxygens (including phenoxy) is 1. The molecule has 0 radical (unpaired) electrons. The number of rotatable bonds is 4. The van der Waals surface area contributed by atoms with E-state index >= 15 is 0 Å². The first-order valence-electron chi connectivity index (χ1n) is 3.92. The van der Waals surface area contributed by atoms with Gasteiger partial charge in [-0.3, -0.25) is 4.79 Å². The van der Waals surface area contributed by atoms with Crippen molar-refractivity contribution in [1.82, 2.24) is 0 Å². The lowest BCUT2D eigenvalue weighted by Crippen LogP contribution is -2.12. The molecule has 0 aliphatic carbocycles. The molecule has 1 aromatic carbocycles. The van der Waals surface area contributed by atoms with Crippen LogP contribution in [-0.4, -0.2) is 24.7 Å². The standard InChI is InChI=1S/C9H10BrNO3/c1-14-8-3-2-6(4-7(8)10)11-5-9(12)13/h2-4,11H,5H2,1H3,(H,12,13). The molecule has 0 saturated carbocycles. The summed E-state index contributed by atoms with van der Waals surface area (Å²) in [6.45, 7) is -0.0984. The van der Waals surface area contributed by atoms with Crippen LogP contribution in [0.15, 0.2) is 22.7 Å². The lowest BCUT2D eigenvalue weighted by molar-refractivity contribution is -0.134. The average molecular weight is 260 g/mol. The van der Waals surface area contributed by atoms with Crippen LogP contribution < -0.4 is 10.1 Å². The molecule has 0 atom stereocenters. The summed E-state index contributed by atoms with van der Waals surface area (Å²) in [6.07, 6.45) is 0. The van der Waals surface area contributed by atoms with Gasteiger partial charge in [0.25, 0.3) is 0 Å². The molecule has 1 rings (SSSR count). The second-order valence-corrected chi connectivity index (χ2v) is 3.45. The van der Waals surface area contributed by atoms with Crippen molar-refractivity contribution < 1.29 is 14.6 Å². The molecule has 2 N–H and O–H groups in total. The fraction of sp³-hybridized carbons (Fsp3) is 0.222. The number of anilines is 1. The Bertz CT molecular complexity index is 341. The molecular weight excluding hydrogens is 250 g/mol. The molecule has 0 bridgehead atoms. The predicted octanol–water partition coefficient (Wildman–Crippen LogP) is 1.95. The van der Waals surface area contributed by atoms with Crippen LogP contribution in [0.2, 0.25) is 0 Å². The number of carbonyl (C=O) groups is 1. The molecule has 14 heavy (non-hydrogen) atoms. The van der Waals surface area contributed by atoms with Crippen molar-refractivity contribution in [2.75, 3.05) is 19.0 Å². The summed E-state index contributed by atoms with van der Waals surface area (Å²) >= 11 is 3.30. The maximum atomic E-state index is 10.3. The van der Waals surface area contributed by atoms with Crippen LogP contribution >= 0.6 is 15.9 Å². The van der Waals surface area contributed by atoms with Gasteiger partial charge in [-0.25, -0.2) is 0 Å². The van der Waals surface area contributed by atoms with E-state index in [4.69, 9.17) is 9.84 Å². The van der Waals surface area contributed by atoms with Crippen molar-refractivity contribution in [3.8, 4) is 5.75 Å². The number of carboxylic acids is 1. The molecule has 76 valence electrons. The lowest BCUT2D eigenvalue weighted by atomic mass is 10.3. The fourth-order valence-corrected chi connectivity index (χ4v) is 1.49. The highest BCUT2D eigenvalue weighted by atomic mass is 79.9. The molecule has 0 heterocycles. The summed E-state index contributed by atoms with van der Waals surface area (Å²) < 4.78 is 5.82. The van der Waals surface area contributed by atoms with Crippen molar-refractivity contribution in [2.45, 2.75) is 0 Å². The number of carboxylic acid groups (broad SMARTS) is 1. The second-order valence-electron chi connectivity index (χ2n) is 2.60. The van der Waals surface area contributed by atoms with Crippen LogP contribution in [0.5, 0.6) is 5.75 Å². The average Bonchev–Trinajstić information content (AvgIpc) is 2.15. The molecule has 0 aromatic heterocycles. The van der Waals surface area contributed by atoms with E-state index in [1.54, 1.807) is 25.3 Å². The minimum absolute atomic E-state index is 0.0984. The number of nitrogens with one attached hydrogen (secondary N) is 1. The normalized spacial score (nSPS) is 9.57. The van der Waals surface area contributed by atoms with E-state index in [1.807, 2.05) is 0 Å². The first-order chi connectivity index (χ1) is 6.63. The van der Waals surface area contributed by atoms with E-state index in [9.17, 15) is 4.79 Å². The summed E-state index contributed by atoms with van der Waals surface area (Å²) in [5.41, 5.74) is 0.736. The van der Waals surface area contributed by atoms with Crippen molar-refractivity contribution in [2.24, 2.45) is 0 Å². The zero-order valence-corrected chi connectivity index (χ0v) is 9.17. The number of halogens is 1. The maximum Gasteiger partial charge on any atom is 0.322 e. The minimum atomic E-state index is -0.892. The van der Waals surface area contributed by atoms with E-state index in [1.165, 1.54) is 0 Å². The predicted molar refractivity (Wildman–Crippen MR) is 56.8 cm³/mol. The van der Waals surface area contributed by atoms with E-state index in [0.29, 0.717) is 5.75 Å². The monoisotopic (exact) mass is 259 g/mol. The molecule has 0 fully saturated rings. The van der Waals surface area contributed by atoms with Crippen LogP contribution in [-0.2, 0) is 4.79 Å². The van der Waals surface area contributed by atoms with Crippen LogP contribution in [0.4, 0.5) is 5.69 Å². The summed E-state index contributed by atoms with van der Waals surface area (Å²) in [5.74, 6) is -0.178. The van der Waals surface area contributed by atoms with Crippen LogP contribution in [0.25, 0.3) is 0 Å². The van der Waals surface area contributed by atoms with Gasteiger partial charge in [-0.15, -0.1) is 0 Å². The molecule has 0 aliphatic heterocycles. The Hall–Kier alpha value is -1.23. The Labute approximate surface area is 90.0 Å². The van der Waals surface area contributed by atoms with Gasteiger partial charge < -0.3 is 15.2 Å². The Morgan fingerprint density at radius 1 is 1.64 bits per heavy atom. The Kier molecular flexibility index (Phi) is 3.76. The molecule has 0 spiro atoms. The number of methoxy groups -OCH3 is 1. The smallest absolute Gasteiger partial charge is 0.322 e. The van der Waals surface area contributed by atoms with Gasteiger partial charge in [0, 0.05) is 5.69 Å². The van der Waals surface area contributed by atoms with Crippen molar-refractivity contribution in [3.05, 3.63) is 22.7 Å². The Morgan fingerprint density at radius 2 is 2.36 bits per heavy atom. The van der Waals surface area contributed by atoms with Crippen LogP contribution in [0.3, 0.4) is 0 Å². The van der Waals surface area contributed by atoms with Gasteiger partial charge in [-0.1, -0.05) is 0 Å². The topological polar surface area (TPSA) is 58.6 Å². The Morgan fingerprint density at radius 3 is 2.86 bits per heavy atom. The van der Waals surface area contributed by atoms with Gasteiger partial charge in [0.15, 0.2) is 0 Å². The first kappa shape index (κ1) is 10.8. The van der Waals surface area contributed by atoms with E-state index in [2.05, 4.69) is 21.2 Å². The molecule has 0 aliphatic rings. The minimum Gasteiger partial charge on any atom is -0.496 e. The Balaban J connectivity index is 2.71. The highest BCUT2D eigenvalue weighted by molar-refractivity contribution is 9.10. The summed E-state index contributed by atoms with van der Waals surface area (Å²) in [6, 6.07) is 5.28. The van der Waals surface area contributed by atoms with E-state index in [-0.39, 0.29) is 6.54 Å². The van der Waals surface area contributed by atoms with Crippen molar-refractivity contribution in [1.29, 1.82) is 0 Å². The fourth-order valence-electron chi connectivity index (χ4n) is 0.954. The van der Waals surface area contributed by atoms with Crippen molar-refractivity contribution in [3.63, 3.8) is 0 Å². The molecule has 1 aromatic rings. The molecular formula is C9H10BrNO3. The molecule has 5 heteroatoms. The number of hydrogen-bond acceptors (Lipinski definition) is 3. The molecule has 0 saturated heterocycles. The molecule has 0 amide bonds. The van der Waals surface area contributed by atoms with E-state index in [0.717, 1.165) is 10.2 Å². The van der Waals surface area contributed by atoms with Crippen molar-refractivity contribution >= 4 is 27.6 Å². The van der Waals surface area contributed by atoms with E-state index < -0.39 is 5.97 Å². The van der Waals surface area contributed by atoms with Gasteiger partial charge in [-0.2, -0.15) is 0 Å². The molecule has 4 nitrogen and oxygen atoms in total. The lowest BCUT2D eigenvalue weighted by Gasteiger charge is -2.06. The van der Waals surface area contributed by atoms with Gasteiger partial charge >= 0.3 is 5.97 Å². The summed E-state index contributed by atoms with van der Waals surface area (Å²) in [4.78, 5) is 10.3. The quantitative estimate of drug-likeness (QED) is 0.868. The van der Waals surface area contributed by atoms with Gasteiger partial charge in [0.05, 0.1) is 11.6 Å². The number of hydrogen-bond donors (Lipinski definition) is 2. The third-order valence-corrected chi connectivity index (χ3v) is 2.22. The third-order valence-electron chi connectivity index (χ3n) is 1.60. The third kappa shape index (κ3) is 2.92. The van der Waals surface area contributed by atoms with Gasteiger partial charge in [0.2, 0.25) is 0 Å².